The summed E-state index contributed by atoms with van der Waals surface area (Å²) in [7, 11) is 0. The molecule has 0 atom stereocenters. The monoisotopic (exact) mass is 391 g/mol. The van der Waals surface area contributed by atoms with Gasteiger partial charge in [0, 0.05) is 45.0 Å². The summed E-state index contributed by atoms with van der Waals surface area (Å²) in [6.45, 7) is 5.10. The van der Waals surface area contributed by atoms with Crippen molar-refractivity contribution < 1.29 is 9.59 Å². The number of aromatic nitrogens is 1. The Kier molecular flexibility index (Phi) is 5.65. The SMILES string of the molecule is Cc1ccc(CC(=O)N2CCC3(CCC(=O)N(Cc4ccncc4)C3)CC2)cc1. The van der Waals surface area contributed by atoms with Gasteiger partial charge in [-0.2, -0.15) is 0 Å². The van der Waals surface area contributed by atoms with Crippen LogP contribution >= 0.6 is 0 Å². The molecule has 1 aromatic carbocycles. The number of pyridine rings is 1. The second-order valence-electron chi connectivity index (χ2n) is 8.65. The number of piperidine rings is 2. The normalized spacial score (nSPS) is 18.9. The van der Waals surface area contributed by atoms with Crippen LogP contribution in [0.25, 0.3) is 0 Å². The molecule has 0 N–H and O–H groups in total. The Morgan fingerprint density at radius 3 is 2.38 bits per heavy atom. The van der Waals surface area contributed by atoms with Gasteiger partial charge in [-0.1, -0.05) is 29.8 Å². The molecule has 4 rings (SSSR count). The molecule has 2 aliphatic heterocycles. The van der Waals surface area contributed by atoms with E-state index in [0.717, 1.165) is 50.0 Å². The zero-order valence-electron chi connectivity index (χ0n) is 17.1. The van der Waals surface area contributed by atoms with E-state index in [1.807, 2.05) is 34.1 Å². The van der Waals surface area contributed by atoms with Crippen LogP contribution in [0.4, 0.5) is 0 Å². The molecule has 2 amide bonds. The number of hydrogen-bond donors (Lipinski definition) is 0. The van der Waals surface area contributed by atoms with Crippen molar-refractivity contribution in [1.29, 1.82) is 0 Å². The Bertz CT molecular complexity index is 855. The lowest BCUT2D eigenvalue weighted by molar-refractivity contribution is -0.142. The maximum Gasteiger partial charge on any atom is 0.226 e. The van der Waals surface area contributed by atoms with Gasteiger partial charge in [0.05, 0.1) is 6.42 Å². The molecule has 5 nitrogen and oxygen atoms in total. The number of likely N-dealkylation sites (tertiary alicyclic amines) is 2. The van der Waals surface area contributed by atoms with Crippen molar-refractivity contribution in [3.05, 3.63) is 65.5 Å². The van der Waals surface area contributed by atoms with Gasteiger partial charge in [-0.3, -0.25) is 14.6 Å². The van der Waals surface area contributed by atoms with E-state index in [1.54, 1.807) is 12.4 Å². The highest BCUT2D eigenvalue weighted by molar-refractivity contribution is 5.79. The summed E-state index contributed by atoms with van der Waals surface area (Å²) < 4.78 is 0. The molecule has 2 aliphatic rings. The summed E-state index contributed by atoms with van der Waals surface area (Å²) in [6, 6.07) is 12.2. The van der Waals surface area contributed by atoms with Crippen LogP contribution in [0.2, 0.25) is 0 Å². The van der Waals surface area contributed by atoms with Gasteiger partial charge in [-0.15, -0.1) is 0 Å². The fourth-order valence-corrected chi connectivity index (χ4v) is 4.59. The summed E-state index contributed by atoms with van der Waals surface area (Å²) in [5.74, 6) is 0.453. The topological polar surface area (TPSA) is 53.5 Å². The molecule has 0 unspecified atom stereocenters. The van der Waals surface area contributed by atoms with Gasteiger partial charge < -0.3 is 9.80 Å². The lowest BCUT2D eigenvalue weighted by Gasteiger charge is -2.47. The Hall–Kier alpha value is -2.69. The molecule has 0 bridgehead atoms. The van der Waals surface area contributed by atoms with Gasteiger partial charge >= 0.3 is 0 Å². The molecule has 1 spiro atoms. The van der Waals surface area contributed by atoms with Crippen LogP contribution in [0.3, 0.4) is 0 Å². The van der Waals surface area contributed by atoms with Crippen LogP contribution in [0.15, 0.2) is 48.8 Å². The Balaban J connectivity index is 1.34. The zero-order chi connectivity index (χ0) is 20.3. The smallest absolute Gasteiger partial charge is 0.226 e. The number of rotatable bonds is 4. The van der Waals surface area contributed by atoms with Crippen LogP contribution in [0.5, 0.6) is 0 Å². The minimum atomic E-state index is 0.154. The molecule has 2 fully saturated rings. The molecule has 1 aromatic heterocycles. The molecule has 3 heterocycles. The van der Waals surface area contributed by atoms with E-state index in [9.17, 15) is 9.59 Å². The lowest BCUT2D eigenvalue weighted by atomic mass is 9.72. The molecule has 2 aromatic rings. The summed E-state index contributed by atoms with van der Waals surface area (Å²) in [5.41, 5.74) is 3.56. The minimum Gasteiger partial charge on any atom is -0.342 e. The first-order valence-electron chi connectivity index (χ1n) is 10.5. The largest absolute Gasteiger partial charge is 0.342 e. The van der Waals surface area contributed by atoms with Crippen LogP contribution in [0.1, 0.15) is 42.4 Å². The maximum absolute atomic E-state index is 12.7. The molecule has 0 aliphatic carbocycles. The van der Waals surface area contributed by atoms with E-state index >= 15 is 0 Å². The van der Waals surface area contributed by atoms with Crippen LogP contribution in [0, 0.1) is 12.3 Å². The Morgan fingerprint density at radius 1 is 1.00 bits per heavy atom. The number of carbonyl (C=O) groups excluding carboxylic acids is 2. The van der Waals surface area contributed by atoms with Crippen molar-refractivity contribution in [3.8, 4) is 0 Å². The third kappa shape index (κ3) is 4.66. The van der Waals surface area contributed by atoms with Crippen LogP contribution < -0.4 is 0 Å². The van der Waals surface area contributed by atoms with E-state index < -0.39 is 0 Å². The quantitative estimate of drug-likeness (QED) is 0.803. The fraction of sp³-hybridized carbons (Fsp3) is 0.458. The second kappa shape index (κ2) is 8.36. The summed E-state index contributed by atoms with van der Waals surface area (Å²) >= 11 is 0. The van der Waals surface area contributed by atoms with Crippen LogP contribution in [-0.2, 0) is 22.6 Å². The Morgan fingerprint density at radius 2 is 1.69 bits per heavy atom. The van der Waals surface area contributed by atoms with Gasteiger partial charge in [0.2, 0.25) is 11.8 Å². The lowest BCUT2D eigenvalue weighted by Crippen LogP contribution is -2.52. The molecule has 152 valence electrons. The third-order valence-electron chi connectivity index (χ3n) is 6.52. The number of benzene rings is 1. The highest BCUT2D eigenvalue weighted by atomic mass is 16.2. The van der Waals surface area contributed by atoms with Gasteiger partial charge in [0.15, 0.2) is 0 Å². The first kappa shape index (κ1) is 19.6. The predicted octanol–water partition coefficient (Wildman–Crippen LogP) is 3.36. The number of nitrogens with zero attached hydrogens (tertiary/aromatic N) is 3. The first-order chi connectivity index (χ1) is 14.0. The number of carbonyl (C=O) groups is 2. The Labute approximate surface area is 172 Å². The van der Waals surface area contributed by atoms with Gasteiger partial charge in [-0.05, 0) is 54.9 Å². The first-order valence-corrected chi connectivity index (χ1v) is 10.5. The van der Waals surface area contributed by atoms with E-state index in [0.29, 0.717) is 19.4 Å². The zero-order valence-corrected chi connectivity index (χ0v) is 17.1. The summed E-state index contributed by atoms with van der Waals surface area (Å²) in [4.78, 5) is 33.3. The molecule has 5 heteroatoms. The van der Waals surface area contributed by atoms with Crippen molar-refractivity contribution in [1.82, 2.24) is 14.8 Å². The number of hydrogen-bond acceptors (Lipinski definition) is 3. The highest BCUT2D eigenvalue weighted by Gasteiger charge is 2.41. The average molecular weight is 392 g/mol. The van der Waals surface area contributed by atoms with Gasteiger partial charge in [-0.25, -0.2) is 0 Å². The van der Waals surface area contributed by atoms with Crippen molar-refractivity contribution in [2.75, 3.05) is 19.6 Å². The van der Waals surface area contributed by atoms with E-state index in [4.69, 9.17) is 0 Å². The van der Waals surface area contributed by atoms with Crippen LogP contribution in [-0.4, -0.2) is 46.2 Å². The maximum atomic E-state index is 12.7. The van der Waals surface area contributed by atoms with Gasteiger partial charge in [0.1, 0.15) is 0 Å². The summed E-state index contributed by atoms with van der Waals surface area (Å²) in [6.07, 6.45) is 7.54. The number of amides is 2. The molecular formula is C24H29N3O2. The second-order valence-corrected chi connectivity index (χ2v) is 8.65. The van der Waals surface area contributed by atoms with Crippen molar-refractivity contribution in [2.45, 2.75) is 45.6 Å². The standard InChI is InChI=1S/C24H29N3O2/c1-19-2-4-20(5-3-19)16-23(29)26-14-10-24(11-15-26)9-6-22(28)27(18-24)17-21-7-12-25-13-8-21/h2-5,7-8,12-13H,6,9-11,14-18H2,1H3. The summed E-state index contributed by atoms with van der Waals surface area (Å²) in [5, 5.41) is 0. The minimum absolute atomic E-state index is 0.154. The van der Waals surface area contributed by atoms with E-state index in [1.165, 1.54) is 5.56 Å². The molecular weight excluding hydrogens is 362 g/mol. The molecule has 2 saturated heterocycles. The van der Waals surface area contributed by atoms with Crippen molar-refractivity contribution >= 4 is 11.8 Å². The van der Waals surface area contributed by atoms with E-state index in [-0.39, 0.29) is 17.2 Å². The fourth-order valence-electron chi connectivity index (χ4n) is 4.59. The molecule has 0 saturated carbocycles. The van der Waals surface area contributed by atoms with Crippen molar-refractivity contribution in [3.63, 3.8) is 0 Å². The third-order valence-corrected chi connectivity index (χ3v) is 6.52. The average Bonchev–Trinajstić information content (AvgIpc) is 2.74. The molecule has 29 heavy (non-hydrogen) atoms. The van der Waals surface area contributed by atoms with Crippen molar-refractivity contribution in [2.24, 2.45) is 5.41 Å². The molecule has 0 radical (unpaired) electrons. The predicted molar refractivity (Wildman–Crippen MR) is 112 cm³/mol. The van der Waals surface area contributed by atoms with E-state index in [2.05, 4.69) is 24.0 Å². The highest BCUT2D eigenvalue weighted by Crippen LogP contribution is 2.40. The number of aryl methyl sites for hydroxylation is 1. The van der Waals surface area contributed by atoms with Gasteiger partial charge in [0.25, 0.3) is 0 Å².